The fourth-order valence-corrected chi connectivity index (χ4v) is 3.48. The molecule has 0 saturated carbocycles. The van der Waals surface area contributed by atoms with Gasteiger partial charge in [0.2, 0.25) is 0 Å². The summed E-state index contributed by atoms with van der Waals surface area (Å²) >= 11 is 0. The first-order valence-electron chi connectivity index (χ1n) is 9.17. The Labute approximate surface area is 164 Å². The minimum absolute atomic E-state index is 0.00776. The largest absolute Gasteiger partial charge is 0.417 e. The zero-order chi connectivity index (χ0) is 20.6. The van der Waals surface area contributed by atoms with Crippen molar-refractivity contribution in [3.05, 3.63) is 47.2 Å². The minimum atomic E-state index is -4.56. The molecule has 6 nitrogen and oxygen atoms in total. The number of ether oxygens (including phenoxy) is 1. The number of halogens is 3. The molecule has 29 heavy (non-hydrogen) atoms. The lowest BCUT2D eigenvalue weighted by Crippen LogP contribution is -2.40. The molecule has 4 rings (SSSR count). The van der Waals surface area contributed by atoms with Gasteiger partial charge in [-0.25, -0.2) is 4.98 Å². The number of carbonyl (C=O) groups excluding carboxylic acids is 1. The highest BCUT2D eigenvalue weighted by atomic mass is 19.4. The van der Waals surface area contributed by atoms with E-state index in [1.165, 1.54) is 24.3 Å². The van der Waals surface area contributed by atoms with Gasteiger partial charge < -0.3 is 14.6 Å². The number of carbonyl (C=O) groups is 1. The molecular formula is C20H18F3N3O3. The van der Waals surface area contributed by atoms with Gasteiger partial charge in [-0.1, -0.05) is 23.4 Å². The van der Waals surface area contributed by atoms with Gasteiger partial charge in [-0.3, -0.25) is 4.79 Å². The van der Waals surface area contributed by atoms with Crippen LogP contribution in [0.3, 0.4) is 0 Å². The van der Waals surface area contributed by atoms with Gasteiger partial charge in [-0.05, 0) is 31.9 Å². The van der Waals surface area contributed by atoms with E-state index in [1.807, 2.05) is 0 Å². The van der Waals surface area contributed by atoms with Crippen molar-refractivity contribution in [2.45, 2.75) is 32.0 Å². The Morgan fingerprint density at radius 2 is 2.07 bits per heavy atom. The number of nitrogens with zero attached hydrogens (tertiary/aromatic N) is 2. The Morgan fingerprint density at radius 3 is 2.79 bits per heavy atom. The van der Waals surface area contributed by atoms with E-state index in [0.717, 1.165) is 18.9 Å². The van der Waals surface area contributed by atoms with Crippen LogP contribution in [0.25, 0.3) is 22.4 Å². The fraction of sp³-hybridized carbons (Fsp3) is 0.350. The van der Waals surface area contributed by atoms with Crippen LogP contribution in [-0.2, 0) is 10.9 Å². The summed E-state index contributed by atoms with van der Waals surface area (Å²) in [6, 6.07) is 6.28. The van der Waals surface area contributed by atoms with Crippen LogP contribution in [0.4, 0.5) is 13.2 Å². The third-order valence-electron chi connectivity index (χ3n) is 4.87. The predicted octanol–water partition coefficient (Wildman–Crippen LogP) is 4.13. The number of rotatable bonds is 3. The van der Waals surface area contributed by atoms with Crippen molar-refractivity contribution in [2.24, 2.45) is 0 Å². The standard InChI is InChI=1S/C20H18F3N3O3/c1-11-17-14(18(27)24-12-5-4-8-28-10-12)9-16(25-19(17)29-26-11)13-6-2-3-7-15(13)20(21,22)23/h2-3,6-7,9,12H,4-5,8,10H2,1H3,(H,24,27). The minimum Gasteiger partial charge on any atom is -0.379 e. The van der Waals surface area contributed by atoms with Crippen molar-refractivity contribution in [3.63, 3.8) is 0 Å². The number of hydrogen-bond donors (Lipinski definition) is 1. The molecule has 0 bridgehead atoms. The number of alkyl halides is 3. The van der Waals surface area contributed by atoms with E-state index in [9.17, 15) is 18.0 Å². The number of aryl methyl sites for hydroxylation is 1. The second-order valence-corrected chi connectivity index (χ2v) is 6.93. The smallest absolute Gasteiger partial charge is 0.379 e. The molecule has 1 unspecified atom stereocenters. The Balaban J connectivity index is 1.81. The van der Waals surface area contributed by atoms with Crippen LogP contribution in [0, 0.1) is 6.92 Å². The van der Waals surface area contributed by atoms with Crippen LogP contribution >= 0.6 is 0 Å². The van der Waals surface area contributed by atoms with Gasteiger partial charge in [0, 0.05) is 12.2 Å². The molecule has 3 aromatic rings. The quantitative estimate of drug-likeness (QED) is 0.709. The first-order chi connectivity index (χ1) is 13.8. The van der Waals surface area contributed by atoms with Gasteiger partial charge in [0.25, 0.3) is 11.6 Å². The third-order valence-corrected chi connectivity index (χ3v) is 4.87. The van der Waals surface area contributed by atoms with Gasteiger partial charge in [0.05, 0.1) is 40.5 Å². The zero-order valence-corrected chi connectivity index (χ0v) is 15.5. The maximum atomic E-state index is 13.5. The summed E-state index contributed by atoms with van der Waals surface area (Å²) in [5.41, 5.74) is -0.353. The molecule has 0 radical (unpaired) electrons. The van der Waals surface area contributed by atoms with E-state index in [1.54, 1.807) is 6.92 Å². The lowest BCUT2D eigenvalue weighted by Gasteiger charge is -2.23. The molecule has 1 atom stereocenters. The van der Waals surface area contributed by atoms with Gasteiger partial charge in [-0.15, -0.1) is 0 Å². The van der Waals surface area contributed by atoms with Crippen molar-refractivity contribution in [3.8, 4) is 11.3 Å². The van der Waals surface area contributed by atoms with Crippen LogP contribution in [0.15, 0.2) is 34.9 Å². The summed E-state index contributed by atoms with van der Waals surface area (Å²) in [5, 5.41) is 7.09. The lowest BCUT2D eigenvalue weighted by atomic mass is 10.00. The molecule has 0 spiro atoms. The summed E-state index contributed by atoms with van der Waals surface area (Å²) in [4.78, 5) is 17.2. The van der Waals surface area contributed by atoms with Crippen molar-refractivity contribution in [2.75, 3.05) is 13.2 Å². The van der Waals surface area contributed by atoms with Crippen molar-refractivity contribution in [1.29, 1.82) is 0 Å². The van der Waals surface area contributed by atoms with Gasteiger partial charge >= 0.3 is 6.18 Å². The molecule has 1 aliphatic rings. The van der Waals surface area contributed by atoms with Crippen molar-refractivity contribution >= 4 is 17.0 Å². The molecule has 3 heterocycles. The Kier molecular flexibility index (Phi) is 4.99. The molecular weight excluding hydrogens is 387 g/mol. The average molecular weight is 405 g/mol. The van der Waals surface area contributed by atoms with Crippen LogP contribution < -0.4 is 5.32 Å². The molecule has 1 aromatic carbocycles. The van der Waals surface area contributed by atoms with Crippen molar-refractivity contribution < 1.29 is 27.2 Å². The molecule has 152 valence electrons. The van der Waals surface area contributed by atoms with E-state index < -0.39 is 17.6 Å². The monoisotopic (exact) mass is 405 g/mol. The summed E-state index contributed by atoms with van der Waals surface area (Å²) in [7, 11) is 0. The van der Waals surface area contributed by atoms with E-state index in [0.29, 0.717) is 24.3 Å². The first kappa shape index (κ1) is 19.4. The number of hydrogen-bond acceptors (Lipinski definition) is 5. The summed E-state index contributed by atoms with van der Waals surface area (Å²) < 4.78 is 50.9. The second-order valence-electron chi connectivity index (χ2n) is 6.93. The molecule has 9 heteroatoms. The van der Waals surface area contributed by atoms with Crippen LogP contribution in [0.5, 0.6) is 0 Å². The number of amides is 1. The van der Waals surface area contributed by atoms with Gasteiger partial charge in [-0.2, -0.15) is 13.2 Å². The summed E-state index contributed by atoms with van der Waals surface area (Å²) in [6.07, 6.45) is -2.97. The Morgan fingerprint density at radius 1 is 1.28 bits per heavy atom. The molecule has 1 saturated heterocycles. The molecule has 1 N–H and O–H groups in total. The van der Waals surface area contributed by atoms with Crippen LogP contribution in [-0.4, -0.2) is 35.3 Å². The average Bonchev–Trinajstić information content (AvgIpc) is 3.08. The second kappa shape index (κ2) is 7.47. The normalized spacial score (nSPS) is 17.4. The third kappa shape index (κ3) is 3.82. The predicted molar refractivity (Wildman–Crippen MR) is 98.3 cm³/mol. The maximum Gasteiger partial charge on any atom is 0.417 e. The molecule has 0 aliphatic carbocycles. The van der Waals surface area contributed by atoms with Gasteiger partial charge in [0.1, 0.15) is 0 Å². The van der Waals surface area contributed by atoms with E-state index in [2.05, 4.69) is 15.5 Å². The molecule has 1 fully saturated rings. The van der Waals surface area contributed by atoms with Gasteiger partial charge in [0.15, 0.2) is 0 Å². The summed E-state index contributed by atoms with van der Waals surface area (Å²) in [6.45, 7) is 2.69. The number of nitrogens with one attached hydrogen (secondary N) is 1. The van der Waals surface area contributed by atoms with Crippen LogP contribution in [0.2, 0.25) is 0 Å². The number of aromatic nitrogens is 2. The first-order valence-corrected chi connectivity index (χ1v) is 9.17. The number of benzene rings is 1. The number of fused-ring (bicyclic) bond motifs is 1. The fourth-order valence-electron chi connectivity index (χ4n) is 3.48. The van der Waals surface area contributed by atoms with E-state index in [-0.39, 0.29) is 28.6 Å². The lowest BCUT2D eigenvalue weighted by molar-refractivity contribution is -0.137. The highest BCUT2D eigenvalue weighted by Crippen LogP contribution is 2.37. The molecule has 2 aromatic heterocycles. The highest BCUT2D eigenvalue weighted by molar-refractivity contribution is 6.07. The van der Waals surface area contributed by atoms with E-state index >= 15 is 0 Å². The van der Waals surface area contributed by atoms with Crippen molar-refractivity contribution in [1.82, 2.24) is 15.5 Å². The molecule has 1 amide bonds. The Hall–Kier alpha value is -2.94. The van der Waals surface area contributed by atoms with Crippen LogP contribution in [0.1, 0.15) is 34.5 Å². The number of pyridine rings is 1. The van der Waals surface area contributed by atoms with E-state index in [4.69, 9.17) is 9.26 Å². The molecule has 1 aliphatic heterocycles. The highest BCUT2D eigenvalue weighted by Gasteiger charge is 2.34. The maximum absolute atomic E-state index is 13.5. The Bertz CT molecular complexity index is 1060. The topological polar surface area (TPSA) is 77.2 Å². The summed E-state index contributed by atoms with van der Waals surface area (Å²) in [5.74, 6) is -0.426. The SMILES string of the molecule is Cc1noc2nc(-c3ccccc3C(F)(F)F)cc(C(=O)NC3CCCOC3)c12. The zero-order valence-electron chi connectivity index (χ0n) is 15.5.